The van der Waals surface area contributed by atoms with Crippen LogP contribution in [0.2, 0.25) is 0 Å². The normalized spacial score (nSPS) is 18.3. The van der Waals surface area contributed by atoms with Crippen LogP contribution in [-0.4, -0.2) is 48.9 Å². The van der Waals surface area contributed by atoms with Gasteiger partial charge in [0.15, 0.2) is 0 Å². The largest absolute Gasteiger partial charge is 0.353 e. The van der Waals surface area contributed by atoms with Crippen LogP contribution < -0.4 is 4.90 Å². The number of thiophene rings is 1. The standard InChI is InChI=1S/C22H26N4O2S2/c1-14-4-8-18(9-5-14)30(27,28)26-12-10-25(11-13-26)21-19-15(2)16(3)29-22(19)24-20(23-21)17-6-7-17/h4-5,8-9,17H,6-7,10-13H2,1-3H3. The first-order valence-corrected chi connectivity index (χ1v) is 12.7. The van der Waals surface area contributed by atoms with Crippen molar-refractivity contribution in [2.45, 2.75) is 44.4 Å². The fourth-order valence-corrected chi connectivity index (χ4v) is 6.45. The van der Waals surface area contributed by atoms with Crippen molar-refractivity contribution < 1.29 is 8.42 Å². The van der Waals surface area contributed by atoms with Crippen molar-refractivity contribution in [3.8, 4) is 0 Å². The van der Waals surface area contributed by atoms with Crippen LogP contribution in [0.1, 0.15) is 40.6 Å². The minimum Gasteiger partial charge on any atom is -0.353 e. The molecule has 8 heteroatoms. The summed E-state index contributed by atoms with van der Waals surface area (Å²) in [7, 11) is -3.47. The Morgan fingerprint density at radius 1 is 0.967 bits per heavy atom. The molecule has 3 aromatic rings. The Bertz CT molecular complexity index is 1210. The van der Waals surface area contributed by atoms with E-state index >= 15 is 0 Å². The predicted octanol–water partition coefficient (Wildman–Crippen LogP) is 4.00. The van der Waals surface area contributed by atoms with E-state index in [0.717, 1.165) is 40.3 Å². The molecule has 3 heterocycles. The minimum atomic E-state index is -3.47. The Labute approximate surface area is 181 Å². The van der Waals surface area contributed by atoms with Crippen molar-refractivity contribution >= 4 is 37.4 Å². The number of sulfonamides is 1. The van der Waals surface area contributed by atoms with Crippen LogP contribution in [0.25, 0.3) is 10.2 Å². The lowest BCUT2D eigenvalue weighted by atomic mass is 10.2. The Morgan fingerprint density at radius 3 is 2.27 bits per heavy atom. The second-order valence-corrected chi connectivity index (χ2v) is 11.5. The third kappa shape index (κ3) is 3.40. The van der Waals surface area contributed by atoms with Crippen molar-refractivity contribution in [2.24, 2.45) is 0 Å². The van der Waals surface area contributed by atoms with Crippen LogP contribution in [0.15, 0.2) is 29.2 Å². The monoisotopic (exact) mass is 442 g/mol. The molecule has 0 N–H and O–H groups in total. The third-order valence-electron chi connectivity index (χ3n) is 6.17. The van der Waals surface area contributed by atoms with Crippen molar-refractivity contribution in [1.82, 2.24) is 14.3 Å². The lowest BCUT2D eigenvalue weighted by Gasteiger charge is -2.35. The highest BCUT2D eigenvalue weighted by atomic mass is 32.2. The van der Waals surface area contributed by atoms with E-state index in [1.165, 1.54) is 10.4 Å². The number of benzene rings is 1. The molecule has 5 rings (SSSR count). The second kappa shape index (κ2) is 7.28. The van der Waals surface area contributed by atoms with Crippen LogP contribution in [-0.2, 0) is 10.0 Å². The highest BCUT2D eigenvalue weighted by Gasteiger charge is 2.32. The maximum atomic E-state index is 13.0. The van der Waals surface area contributed by atoms with Crippen molar-refractivity contribution in [3.05, 3.63) is 46.1 Å². The molecule has 2 aromatic heterocycles. The Kier molecular flexibility index (Phi) is 4.83. The van der Waals surface area contributed by atoms with Gasteiger partial charge in [0.2, 0.25) is 10.0 Å². The van der Waals surface area contributed by atoms with Crippen molar-refractivity contribution in [3.63, 3.8) is 0 Å². The first-order valence-electron chi connectivity index (χ1n) is 10.4. The molecule has 2 aliphatic rings. The molecular weight excluding hydrogens is 416 g/mol. The van der Waals surface area contributed by atoms with Crippen molar-refractivity contribution in [1.29, 1.82) is 0 Å². The SMILES string of the molecule is Cc1ccc(S(=O)(=O)N2CCN(c3nc(C4CC4)nc4sc(C)c(C)c34)CC2)cc1. The van der Waals surface area contributed by atoms with E-state index in [0.29, 0.717) is 37.0 Å². The molecule has 6 nitrogen and oxygen atoms in total. The molecule has 1 aliphatic carbocycles. The molecule has 1 saturated carbocycles. The molecule has 1 aromatic carbocycles. The van der Waals surface area contributed by atoms with Crippen LogP contribution in [0, 0.1) is 20.8 Å². The lowest BCUT2D eigenvalue weighted by Crippen LogP contribution is -2.49. The summed E-state index contributed by atoms with van der Waals surface area (Å²) in [6.45, 7) is 8.42. The summed E-state index contributed by atoms with van der Waals surface area (Å²) >= 11 is 1.74. The molecule has 158 valence electrons. The molecule has 1 saturated heterocycles. The van der Waals surface area contributed by atoms with E-state index in [1.807, 2.05) is 19.1 Å². The number of rotatable bonds is 4. The molecule has 0 spiro atoms. The zero-order valence-corrected chi connectivity index (χ0v) is 19.2. The van der Waals surface area contributed by atoms with Gasteiger partial charge in [-0.15, -0.1) is 11.3 Å². The third-order valence-corrected chi connectivity index (χ3v) is 9.18. The Balaban J connectivity index is 1.43. The molecule has 0 bridgehead atoms. The Hall–Kier alpha value is -2.03. The van der Waals surface area contributed by atoms with Crippen molar-refractivity contribution in [2.75, 3.05) is 31.1 Å². The van der Waals surface area contributed by atoms with Gasteiger partial charge in [0.1, 0.15) is 16.5 Å². The number of anilines is 1. The van der Waals surface area contributed by atoms with E-state index < -0.39 is 10.0 Å². The van der Waals surface area contributed by atoms with Gasteiger partial charge in [0, 0.05) is 37.0 Å². The molecule has 1 aliphatic heterocycles. The summed E-state index contributed by atoms with van der Waals surface area (Å²) < 4.78 is 27.7. The average molecular weight is 443 g/mol. The fourth-order valence-electron chi connectivity index (χ4n) is 4.00. The van der Waals surface area contributed by atoms with Crippen LogP contribution in [0.3, 0.4) is 0 Å². The summed E-state index contributed by atoms with van der Waals surface area (Å²) in [6, 6.07) is 7.10. The van der Waals surface area contributed by atoms with Gasteiger partial charge in [0.25, 0.3) is 0 Å². The molecule has 0 atom stereocenters. The molecular formula is C22H26N4O2S2. The van der Waals surface area contributed by atoms with E-state index in [2.05, 4.69) is 18.7 Å². The zero-order chi connectivity index (χ0) is 21.0. The predicted molar refractivity (Wildman–Crippen MR) is 121 cm³/mol. The number of hydrogen-bond donors (Lipinski definition) is 0. The summed E-state index contributed by atoms with van der Waals surface area (Å²) in [6.07, 6.45) is 2.33. The van der Waals surface area contributed by atoms with Crippen LogP contribution in [0.5, 0.6) is 0 Å². The molecule has 0 amide bonds. The second-order valence-electron chi connectivity index (χ2n) is 8.35. The number of fused-ring (bicyclic) bond motifs is 1. The topological polar surface area (TPSA) is 66.4 Å². The lowest BCUT2D eigenvalue weighted by molar-refractivity contribution is 0.384. The van der Waals surface area contributed by atoms with Gasteiger partial charge in [-0.3, -0.25) is 0 Å². The van der Waals surface area contributed by atoms with Crippen LogP contribution in [0.4, 0.5) is 5.82 Å². The number of nitrogens with zero attached hydrogens (tertiary/aromatic N) is 4. The first kappa shape index (κ1) is 19.9. The van der Waals surface area contributed by atoms with Gasteiger partial charge >= 0.3 is 0 Å². The molecule has 2 fully saturated rings. The zero-order valence-electron chi connectivity index (χ0n) is 17.6. The molecule has 30 heavy (non-hydrogen) atoms. The number of hydrogen-bond acceptors (Lipinski definition) is 6. The van der Waals surface area contributed by atoms with E-state index in [9.17, 15) is 8.42 Å². The quantitative estimate of drug-likeness (QED) is 0.611. The summed E-state index contributed by atoms with van der Waals surface area (Å²) in [5, 5.41) is 1.14. The molecule has 0 radical (unpaired) electrons. The average Bonchev–Trinajstić information content (AvgIpc) is 3.54. The summed E-state index contributed by atoms with van der Waals surface area (Å²) in [5.74, 6) is 2.42. The summed E-state index contributed by atoms with van der Waals surface area (Å²) in [4.78, 5) is 14.8. The van der Waals surface area contributed by atoms with Gasteiger partial charge in [-0.1, -0.05) is 17.7 Å². The van der Waals surface area contributed by atoms with E-state index in [4.69, 9.17) is 9.97 Å². The van der Waals surface area contributed by atoms with Gasteiger partial charge in [-0.05, 0) is 51.3 Å². The number of aromatic nitrogens is 2. The highest BCUT2D eigenvalue weighted by molar-refractivity contribution is 7.89. The minimum absolute atomic E-state index is 0.367. The highest BCUT2D eigenvalue weighted by Crippen LogP contribution is 2.42. The smallest absolute Gasteiger partial charge is 0.243 e. The van der Waals surface area contributed by atoms with Crippen LogP contribution >= 0.6 is 11.3 Å². The maximum absolute atomic E-state index is 13.0. The molecule has 0 unspecified atom stereocenters. The number of piperazine rings is 1. The van der Waals surface area contributed by atoms with Gasteiger partial charge in [0.05, 0.1) is 10.3 Å². The van der Waals surface area contributed by atoms with Gasteiger partial charge in [-0.2, -0.15) is 4.31 Å². The summed E-state index contributed by atoms with van der Waals surface area (Å²) in [5.41, 5.74) is 2.29. The van der Waals surface area contributed by atoms with Gasteiger partial charge < -0.3 is 4.90 Å². The van der Waals surface area contributed by atoms with E-state index in [1.54, 1.807) is 27.8 Å². The van der Waals surface area contributed by atoms with Gasteiger partial charge in [-0.25, -0.2) is 18.4 Å². The first-order chi connectivity index (χ1) is 14.3. The Morgan fingerprint density at radius 2 is 1.63 bits per heavy atom. The number of aryl methyl sites for hydroxylation is 3. The fraction of sp³-hybridized carbons (Fsp3) is 0.455. The van der Waals surface area contributed by atoms with E-state index in [-0.39, 0.29) is 0 Å². The maximum Gasteiger partial charge on any atom is 0.243 e.